The zero-order valence-electron chi connectivity index (χ0n) is 16.4. The minimum absolute atomic E-state index is 0.0194. The van der Waals surface area contributed by atoms with Gasteiger partial charge in [-0.05, 0) is 43.2 Å². The predicted octanol–water partition coefficient (Wildman–Crippen LogP) is 2.84. The Morgan fingerprint density at radius 2 is 1.97 bits per heavy atom. The fourth-order valence-electron chi connectivity index (χ4n) is 2.78. The largest absolute Gasteiger partial charge is 0.496 e. The van der Waals surface area contributed by atoms with Crippen LogP contribution < -0.4 is 19.5 Å². The highest BCUT2D eigenvalue weighted by atomic mass is 16.7. The highest BCUT2D eigenvalue weighted by Crippen LogP contribution is 2.33. The molecule has 0 radical (unpaired) electrons. The van der Waals surface area contributed by atoms with Gasteiger partial charge in [0.05, 0.1) is 18.1 Å². The molecule has 30 heavy (non-hydrogen) atoms. The monoisotopic (exact) mass is 416 g/mol. The summed E-state index contributed by atoms with van der Waals surface area (Å²) < 4.78 is 20.6. The van der Waals surface area contributed by atoms with Crippen molar-refractivity contribution in [3.63, 3.8) is 0 Å². The number of hydrogen-bond donors (Lipinski definition) is 1. The van der Waals surface area contributed by atoms with E-state index in [2.05, 4.69) is 5.32 Å². The Morgan fingerprint density at radius 1 is 1.20 bits per heavy atom. The van der Waals surface area contributed by atoms with Crippen LogP contribution in [0.2, 0.25) is 0 Å². The Kier molecular flexibility index (Phi) is 6.35. The lowest BCUT2D eigenvalue weighted by atomic mass is 10.1. The number of nitro benzene ring substituents is 1. The normalized spacial score (nSPS) is 12.7. The van der Waals surface area contributed by atoms with Crippen molar-refractivity contribution in [3.8, 4) is 17.2 Å². The van der Waals surface area contributed by atoms with Crippen molar-refractivity contribution in [2.24, 2.45) is 0 Å². The van der Waals surface area contributed by atoms with Crippen LogP contribution in [-0.4, -0.2) is 36.8 Å². The molecule has 158 valence electrons. The number of nitrogens with one attached hydrogen (secondary N) is 1. The molecule has 0 fully saturated rings. The van der Waals surface area contributed by atoms with Gasteiger partial charge in [0.15, 0.2) is 17.6 Å². The van der Waals surface area contributed by atoms with Gasteiger partial charge >= 0.3 is 5.97 Å². The molecule has 1 N–H and O–H groups in total. The third-order valence-corrected chi connectivity index (χ3v) is 4.39. The van der Waals surface area contributed by atoms with E-state index in [1.807, 2.05) is 6.07 Å². The van der Waals surface area contributed by atoms with E-state index in [1.165, 1.54) is 32.2 Å². The first kappa shape index (κ1) is 20.9. The molecule has 0 aromatic heterocycles. The summed E-state index contributed by atoms with van der Waals surface area (Å²) in [5.74, 6) is 0.302. The summed E-state index contributed by atoms with van der Waals surface area (Å²) >= 11 is 0. The van der Waals surface area contributed by atoms with E-state index in [9.17, 15) is 19.7 Å². The van der Waals surface area contributed by atoms with Crippen LogP contribution in [0.4, 0.5) is 11.4 Å². The van der Waals surface area contributed by atoms with Crippen molar-refractivity contribution in [1.82, 2.24) is 0 Å². The van der Waals surface area contributed by atoms with Crippen LogP contribution in [0.25, 0.3) is 0 Å². The summed E-state index contributed by atoms with van der Waals surface area (Å²) in [6.07, 6.45) is -0.677. The van der Waals surface area contributed by atoms with E-state index in [0.717, 1.165) is 5.56 Å². The van der Waals surface area contributed by atoms with E-state index in [-0.39, 0.29) is 30.3 Å². The second-order valence-electron chi connectivity index (χ2n) is 6.45. The van der Waals surface area contributed by atoms with Crippen molar-refractivity contribution in [2.75, 3.05) is 19.2 Å². The standard InChI is InChI=1S/C20H20N2O8/c1-12(20(24)21-15-6-5-14(27-2)10-16(15)22(25)26)30-19(23)8-4-13-3-7-17-18(9-13)29-11-28-17/h3,5-7,9-10,12H,4,8,11H2,1-2H3,(H,21,24). The number of esters is 1. The Morgan fingerprint density at radius 3 is 2.70 bits per heavy atom. The Hall–Kier alpha value is -3.82. The van der Waals surface area contributed by atoms with Gasteiger partial charge in [-0.2, -0.15) is 0 Å². The maximum atomic E-state index is 12.3. The van der Waals surface area contributed by atoms with Crippen molar-refractivity contribution >= 4 is 23.3 Å². The number of nitrogens with zero attached hydrogens (tertiary/aromatic N) is 1. The molecular formula is C20H20N2O8. The van der Waals surface area contributed by atoms with E-state index < -0.39 is 22.9 Å². The third-order valence-electron chi connectivity index (χ3n) is 4.39. The number of hydrogen-bond acceptors (Lipinski definition) is 8. The van der Waals surface area contributed by atoms with Crippen molar-refractivity contribution < 1.29 is 33.5 Å². The predicted molar refractivity (Wildman–Crippen MR) is 105 cm³/mol. The molecule has 1 aliphatic heterocycles. The molecule has 0 saturated carbocycles. The van der Waals surface area contributed by atoms with Gasteiger partial charge in [-0.25, -0.2) is 0 Å². The van der Waals surface area contributed by atoms with E-state index in [4.69, 9.17) is 18.9 Å². The Bertz CT molecular complexity index is 975. The molecule has 1 aliphatic rings. The number of carbonyl (C=O) groups is 2. The SMILES string of the molecule is COc1ccc(NC(=O)C(C)OC(=O)CCc2ccc3c(c2)OCO3)c([N+](=O)[O-])c1. The minimum atomic E-state index is -1.13. The number of methoxy groups -OCH3 is 1. The quantitative estimate of drug-likeness (QED) is 0.395. The van der Waals surface area contributed by atoms with E-state index in [1.54, 1.807) is 12.1 Å². The molecule has 0 saturated heterocycles. The highest BCUT2D eigenvalue weighted by Gasteiger charge is 2.23. The van der Waals surface area contributed by atoms with Gasteiger partial charge in [-0.15, -0.1) is 0 Å². The van der Waals surface area contributed by atoms with Crippen LogP contribution in [0.15, 0.2) is 36.4 Å². The van der Waals surface area contributed by atoms with Crippen LogP contribution in [0.3, 0.4) is 0 Å². The highest BCUT2D eigenvalue weighted by molar-refractivity contribution is 5.97. The number of benzene rings is 2. The van der Waals surface area contributed by atoms with Crippen molar-refractivity contribution in [1.29, 1.82) is 0 Å². The molecule has 1 heterocycles. The topological polar surface area (TPSA) is 126 Å². The van der Waals surface area contributed by atoms with Crippen LogP contribution in [-0.2, 0) is 20.7 Å². The first-order valence-electron chi connectivity index (χ1n) is 9.08. The number of aryl methyl sites for hydroxylation is 1. The molecule has 10 heteroatoms. The molecule has 10 nitrogen and oxygen atoms in total. The smallest absolute Gasteiger partial charge is 0.306 e. The number of anilines is 1. The minimum Gasteiger partial charge on any atom is -0.496 e. The summed E-state index contributed by atoms with van der Waals surface area (Å²) in [6, 6.07) is 9.39. The average molecular weight is 416 g/mol. The number of amides is 1. The lowest BCUT2D eigenvalue weighted by Gasteiger charge is -2.14. The summed E-state index contributed by atoms with van der Waals surface area (Å²) in [5, 5.41) is 13.6. The Balaban J connectivity index is 1.54. The fourth-order valence-corrected chi connectivity index (χ4v) is 2.78. The maximum Gasteiger partial charge on any atom is 0.306 e. The maximum absolute atomic E-state index is 12.3. The summed E-state index contributed by atoms with van der Waals surface area (Å²) in [4.78, 5) is 35.0. The average Bonchev–Trinajstić information content (AvgIpc) is 3.20. The van der Waals surface area contributed by atoms with Gasteiger partial charge in [-0.1, -0.05) is 6.07 Å². The first-order chi connectivity index (χ1) is 14.4. The zero-order chi connectivity index (χ0) is 21.7. The van der Waals surface area contributed by atoms with Gasteiger partial charge in [0.2, 0.25) is 6.79 Å². The van der Waals surface area contributed by atoms with E-state index >= 15 is 0 Å². The number of carbonyl (C=O) groups excluding carboxylic acids is 2. The van der Waals surface area contributed by atoms with Crippen LogP contribution >= 0.6 is 0 Å². The lowest BCUT2D eigenvalue weighted by molar-refractivity contribution is -0.384. The van der Waals surface area contributed by atoms with Crippen molar-refractivity contribution in [2.45, 2.75) is 25.9 Å². The molecule has 0 aliphatic carbocycles. The van der Waals surface area contributed by atoms with Crippen LogP contribution in [0.1, 0.15) is 18.9 Å². The lowest BCUT2D eigenvalue weighted by Crippen LogP contribution is -2.30. The van der Waals surface area contributed by atoms with Gasteiger partial charge in [0.25, 0.3) is 11.6 Å². The number of nitro groups is 1. The number of rotatable bonds is 8. The molecule has 3 rings (SSSR count). The molecular weight excluding hydrogens is 396 g/mol. The number of ether oxygens (including phenoxy) is 4. The molecule has 1 amide bonds. The van der Waals surface area contributed by atoms with Gasteiger partial charge < -0.3 is 24.3 Å². The molecule has 2 aromatic rings. The van der Waals surface area contributed by atoms with Crippen LogP contribution in [0, 0.1) is 10.1 Å². The molecule has 2 aromatic carbocycles. The van der Waals surface area contributed by atoms with Gasteiger partial charge in [-0.3, -0.25) is 19.7 Å². The summed E-state index contributed by atoms with van der Waals surface area (Å²) in [5.41, 5.74) is 0.514. The second kappa shape index (κ2) is 9.12. The molecule has 0 bridgehead atoms. The second-order valence-corrected chi connectivity index (χ2v) is 6.45. The first-order valence-corrected chi connectivity index (χ1v) is 9.08. The van der Waals surface area contributed by atoms with Crippen LogP contribution in [0.5, 0.6) is 17.2 Å². The summed E-state index contributed by atoms with van der Waals surface area (Å²) in [7, 11) is 1.38. The molecule has 1 atom stereocenters. The van der Waals surface area contributed by atoms with Gasteiger partial charge in [0.1, 0.15) is 11.4 Å². The Labute approximate surface area is 171 Å². The fraction of sp³-hybridized carbons (Fsp3) is 0.300. The summed E-state index contributed by atoms with van der Waals surface area (Å²) in [6.45, 7) is 1.56. The third kappa shape index (κ3) is 4.96. The molecule has 0 spiro atoms. The van der Waals surface area contributed by atoms with E-state index in [0.29, 0.717) is 17.9 Å². The van der Waals surface area contributed by atoms with Crippen molar-refractivity contribution in [3.05, 3.63) is 52.1 Å². The number of fused-ring (bicyclic) bond motifs is 1. The molecule has 1 unspecified atom stereocenters. The zero-order valence-corrected chi connectivity index (χ0v) is 16.4. The van der Waals surface area contributed by atoms with Gasteiger partial charge in [0, 0.05) is 6.42 Å².